The van der Waals surface area contributed by atoms with Crippen molar-refractivity contribution in [2.24, 2.45) is 11.8 Å². The Morgan fingerprint density at radius 2 is 2.28 bits per heavy atom. The Balaban J connectivity index is 2.14. The lowest BCUT2D eigenvalue weighted by Gasteiger charge is -2.23. The van der Waals surface area contributed by atoms with Crippen molar-refractivity contribution < 1.29 is 4.74 Å². The first-order chi connectivity index (χ1) is 8.70. The highest BCUT2D eigenvalue weighted by Crippen LogP contribution is 2.34. The van der Waals surface area contributed by atoms with E-state index in [1.165, 1.54) is 23.5 Å². The van der Waals surface area contributed by atoms with E-state index in [9.17, 15) is 0 Å². The molecule has 0 aliphatic carbocycles. The Morgan fingerprint density at radius 1 is 1.44 bits per heavy atom. The molecule has 1 aliphatic heterocycles. The maximum Gasteiger partial charge on any atom is 0.120 e. The summed E-state index contributed by atoms with van der Waals surface area (Å²) in [6.07, 6.45) is 1.43. The molecule has 0 bridgehead atoms. The van der Waals surface area contributed by atoms with Crippen LogP contribution in [-0.4, -0.2) is 17.6 Å². The Bertz CT molecular complexity index is 378. The van der Waals surface area contributed by atoms with Crippen molar-refractivity contribution >= 4 is 11.8 Å². The van der Waals surface area contributed by atoms with Crippen molar-refractivity contribution in [3.8, 4) is 5.75 Å². The van der Waals surface area contributed by atoms with E-state index in [2.05, 4.69) is 17.6 Å². The fourth-order valence-corrected chi connectivity index (χ4v) is 3.67. The third-order valence-electron chi connectivity index (χ3n) is 3.20. The molecule has 0 aromatic heterocycles. The van der Waals surface area contributed by atoms with E-state index in [4.69, 9.17) is 10.6 Å². The lowest BCUT2D eigenvalue weighted by molar-refractivity contribution is 0.241. The zero-order valence-corrected chi connectivity index (χ0v) is 11.9. The van der Waals surface area contributed by atoms with Gasteiger partial charge in [-0.25, -0.2) is 0 Å². The molecule has 1 aromatic carbocycles. The second-order valence-corrected chi connectivity index (χ2v) is 6.16. The van der Waals surface area contributed by atoms with Gasteiger partial charge in [0, 0.05) is 6.04 Å². The first kappa shape index (κ1) is 13.7. The first-order valence-corrected chi connectivity index (χ1v) is 7.66. The number of benzene rings is 1. The van der Waals surface area contributed by atoms with E-state index in [1.807, 2.05) is 37.7 Å². The van der Waals surface area contributed by atoms with Crippen molar-refractivity contribution in [1.29, 1.82) is 0 Å². The van der Waals surface area contributed by atoms with Crippen LogP contribution in [0.5, 0.6) is 5.75 Å². The smallest absolute Gasteiger partial charge is 0.120 e. The van der Waals surface area contributed by atoms with E-state index in [0.29, 0.717) is 5.92 Å². The summed E-state index contributed by atoms with van der Waals surface area (Å²) in [6, 6.07) is 8.50. The van der Waals surface area contributed by atoms with E-state index in [0.717, 1.165) is 5.75 Å². The molecule has 1 aliphatic rings. The molecule has 3 nitrogen and oxygen atoms in total. The van der Waals surface area contributed by atoms with Gasteiger partial charge in [0.1, 0.15) is 5.75 Å². The molecular weight excluding hydrogens is 244 g/mol. The van der Waals surface area contributed by atoms with Gasteiger partial charge in [0.2, 0.25) is 0 Å². The van der Waals surface area contributed by atoms with Gasteiger partial charge in [-0.15, -0.1) is 0 Å². The molecular formula is C14H22N2OS. The fourth-order valence-electron chi connectivity index (χ4n) is 2.37. The normalized spacial score (nSPS) is 21.2. The largest absolute Gasteiger partial charge is 0.491 e. The SMILES string of the molecule is CC(C)Oc1cccc(C(NN)C2CCSC2)c1. The van der Waals surface area contributed by atoms with E-state index in [-0.39, 0.29) is 12.1 Å². The highest BCUT2D eigenvalue weighted by molar-refractivity contribution is 7.99. The molecule has 2 unspecified atom stereocenters. The molecule has 1 fully saturated rings. The van der Waals surface area contributed by atoms with E-state index < -0.39 is 0 Å². The third-order valence-corrected chi connectivity index (χ3v) is 4.39. The highest BCUT2D eigenvalue weighted by Gasteiger charge is 2.26. The van der Waals surface area contributed by atoms with Crippen LogP contribution in [0, 0.1) is 5.92 Å². The maximum atomic E-state index is 5.74. The van der Waals surface area contributed by atoms with Crippen molar-refractivity contribution in [2.45, 2.75) is 32.4 Å². The number of hydrogen-bond acceptors (Lipinski definition) is 4. The zero-order valence-electron chi connectivity index (χ0n) is 11.1. The van der Waals surface area contributed by atoms with Crippen molar-refractivity contribution in [3.05, 3.63) is 29.8 Å². The number of rotatable bonds is 5. The number of ether oxygens (including phenoxy) is 1. The molecule has 3 N–H and O–H groups in total. The van der Waals surface area contributed by atoms with E-state index in [1.54, 1.807) is 0 Å². The summed E-state index contributed by atoms with van der Waals surface area (Å²) < 4.78 is 5.74. The molecule has 100 valence electrons. The van der Waals surface area contributed by atoms with E-state index >= 15 is 0 Å². The van der Waals surface area contributed by atoms with Crippen LogP contribution in [0.25, 0.3) is 0 Å². The molecule has 4 heteroatoms. The molecule has 0 saturated carbocycles. The Morgan fingerprint density at radius 3 is 2.89 bits per heavy atom. The summed E-state index contributed by atoms with van der Waals surface area (Å²) in [7, 11) is 0. The average molecular weight is 266 g/mol. The Labute approximate surface area is 113 Å². The summed E-state index contributed by atoms with van der Waals surface area (Å²) in [6.45, 7) is 4.08. The average Bonchev–Trinajstić information content (AvgIpc) is 2.83. The maximum absolute atomic E-state index is 5.74. The molecule has 1 saturated heterocycles. The molecule has 1 heterocycles. The lowest BCUT2D eigenvalue weighted by atomic mass is 9.93. The van der Waals surface area contributed by atoms with Crippen LogP contribution in [-0.2, 0) is 0 Å². The first-order valence-electron chi connectivity index (χ1n) is 6.51. The number of thioether (sulfide) groups is 1. The molecule has 2 rings (SSSR count). The topological polar surface area (TPSA) is 47.3 Å². The lowest BCUT2D eigenvalue weighted by Crippen LogP contribution is -2.33. The number of hydrogen-bond donors (Lipinski definition) is 2. The van der Waals surface area contributed by atoms with Crippen LogP contribution >= 0.6 is 11.8 Å². The third kappa shape index (κ3) is 3.40. The number of hydrazine groups is 1. The standard InChI is InChI=1S/C14H22N2OS/c1-10(2)17-13-5-3-4-11(8-13)14(16-15)12-6-7-18-9-12/h3-5,8,10,12,14,16H,6-7,9,15H2,1-2H3. The number of nitrogens with two attached hydrogens (primary N) is 1. The summed E-state index contributed by atoms with van der Waals surface area (Å²) in [5.41, 5.74) is 4.20. The van der Waals surface area contributed by atoms with Crippen molar-refractivity contribution in [3.63, 3.8) is 0 Å². The molecule has 18 heavy (non-hydrogen) atoms. The summed E-state index contributed by atoms with van der Waals surface area (Å²) in [5.74, 6) is 9.71. The van der Waals surface area contributed by atoms with Crippen LogP contribution < -0.4 is 16.0 Å². The predicted molar refractivity (Wildman–Crippen MR) is 77.7 cm³/mol. The predicted octanol–water partition coefficient (Wildman–Crippen LogP) is 2.73. The second-order valence-electron chi connectivity index (χ2n) is 5.01. The van der Waals surface area contributed by atoms with Gasteiger partial charge in [-0.3, -0.25) is 11.3 Å². The van der Waals surface area contributed by atoms with Gasteiger partial charge < -0.3 is 4.74 Å². The fraction of sp³-hybridized carbons (Fsp3) is 0.571. The highest BCUT2D eigenvalue weighted by atomic mass is 32.2. The summed E-state index contributed by atoms with van der Waals surface area (Å²) >= 11 is 2.01. The monoisotopic (exact) mass is 266 g/mol. The minimum Gasteiger partial charge on any atom is -0.491 e. The summed E-state index contributed by atoms with van der Waals surface area (Å²) in [5, 5.41) is 0. The van der Waals surface area contributed by atoms with Crippen LogP contribution in [0.4, 0.5) is 0 Å². The second kappa shape index (κ2) is 6.45. The van der Waals surface area contributed by atoms with Gasteiger partial charge in [-0.2, -0.15) is 11.8 Å². The molecule has 2 atom stereocenters. The Hall–Kier alpha value is -0.710. The van der Waals surface area contributed by atoms with Crippen molar-refractivity contribution in [2.75, 3.05) is 11.5 Å². The van der Waals surface area contributed by atoms with Crippen LogP contribution in [0.1, 0.15) is 31.9 Å². The molecule has 0 amide bonds. The summed E-state index contributed by atoms with van der Waals surface area (Å²) in [4.78, 5) is 0. The minimum atomic E-state index is 0.201. The van der Waals surface area contributed by atoms with Crippen molar-refractivity contribution in [1.82, 2.24) is 5.43 Å². The van der Waals surface area contributed by atoms with Gasteiger partial charge in [0.25, 0.3) is 0 Å². The van der Waals surface area contributed by atoms with Gasteiger partial charge in [0.15, 0.2) is 0 Å². The van der Waals surface area contributed by atoms with Gasteiger partial charge >= 0.3 is 0 Å². The van der Waals surface area contributed by atoms with Gasteiger partial charge in [-0.1, -0.05) is 12.1 Å². The molecule has 0 radical (unpaired) electrons. The molecule has 0 spiro atoms. The van der Waals surface area contributed by atoms with Crippen LogP contribution in [0.3, 0.4) is 0 Å². The number of nitrogens with one attached hydrogen (secondary N) is 1. The Kier molecular flexibility index (Phi) is 4.92. The quantitative estimate of drug-likeness (QED) is 0.635. The van der Waals surface area contributed by atoms with Gasteiger partial charge in [-0.05, 0) is 55.4 Å². The van der Waals surface area contributed by atoms with Crippen LogP contribution in [0.2, 0.25) is 0 Å². The zero-order chi connectivity index (χ0) is 13.0. The minimum absolute atomic E-state index is 0.201. The van der Waals surface area contributed by atoms with Gasteiger partial charge in [0.05, 0.1) is 6.10 Å². The van der Waals surface area contributed by atoms with Crippen LogP contribution in [0.15, 0.2) is 24.3 Å². The molecule has 1 aromatic rings.